The van der Waals surface area contributed by atoms with Crippen LogP contribution < -0.4 is 10.6 Å². The van der Waals surface area contributed by atoms with Gasteiger partial charge in [-0.05, 0) is 35.4 Å². The van der Waals surface area contributed by atoms with Crippen LogP contribution in [0.25, 0.3) is 0 Å². The molecular formula is C10H14N4O2. The Hall–Kier alpha value is -1.69. The molecular weight excluding hydrogens is 208 g/mol. The van der Waals surface area contributed by atoms with Gasteiger partial charge in [0.1, 0.15) is 0 Å². The zero-order valence-electron chi connectivity index (χ0n) is 8.85. The summed E-state index contributed by atoms with van der Waals surface area (Å²) in [5.41, 5.74) is 0.819. The summed E-state index contributed by atoms with van der Waals surface area (Å²) in [6, 6.07) is 3.58. The van der Waals surface area contributed by atoms with E-state index in [0.717, 1.165) is 18.8 Å². The smallest absolute Gasteiger partial charge is 0.363 e. The van der Waals surface area contributed by atoms with Gasteiger partial charge >= 0.3 is 5.82 Å². The van der Waals surface area contributed by atoms with Gasteiger partial charge in [-0.3, -0.25) is 0 Å². The lowest BCUT2D eigenvalue weighted by Gasteiger charge is -2.11. The Kier molecular flexibility index (Phi) is 3.31. The van der Waals surface area contributed by atoms with E-state index in [4.69, 9.17) is 0 Å². The second-order valence-corrected chi connectivity index (χ2v) is 3.84. The van der Waals surface area contributed by atoms with Crippen LogP contribution in [0.5, 0.6) is 0 Å². The molecule has 6 heteroatoms. The fraction of sp³-hybridized carbons (Fsp3) is 0.500. The van der Waals surface area contributed by atoms with Gasteiger partial charge in [-0.25, -0.2) is 0 Å². The van der Waals surface area contributed by atoms with Gasteiger partial charge in [-0.2, -0.15) is 0 Å². The van der Waals surface area contributed by atoms with E-state index in [2.05, 4.69) is 15.6 Å². The number of pyridine rings is 1. The lowest BCUT2D eigenvalue weighted by molar-refractivity contribution is -0.389. The van der Waals surface area contributed by atoms with Crippen molar-refractivity contribution in [1.29, 1.82) is 0 Å². The maximum Gasteiger partial charge on any atom is 0.363 e. The number of nitro groups is 1. The first-order chi connectivity index (χ1) is 7.75. The number of hydrogen-bond donors (Lipinski definition) is 2. The summed E-state index contributed by atoms with van der Waals surface area (Å²) in [5, 5.41) is 17.0. The minimum Gasteiger partial charge on any atom is -0.380 e. The van der Waals surface area contributed by atoms with E-state index in [1.807, 2.05) is 0 Å². The molecule has 16 heavy (non-hydrogen) atoms. The van der Waals surface area contributed by atoms with Crippen molar-refractivity contribution in [2.75, 3.05) is 18.4 Å². The normalized spacial score (nSPS) is 19.6. The summed E-state index contributed by atoms with van der Waals surface area (Å²) in [6.45, 7) is 1.91. The van der Waals surface area contributed by atoms with Gasteiger partial charge in [-0.15, -0.1) is 0 Å². The molecule has 0 saturated carbocycles. The number of nitrogens with zero attached hydrogens (tertiary/aromatic N) is 2. The molecule has 86 valence electrons. The van der Waals surface area contributed by atoms with E-state index >= 15 is 0 Å². The van der Waals surface area contributed by atoms with Crippen molar-refractivity contribution in [3.05, 3.63) is 28.4 Å². The fourth-order valence-corrected chi connectivity index (χ4v) is 1.77. The van der Waals surface area contributed by atoms with E-state index in [1.165, 1.54) is 25.1 Å². The third-order valence-electron chi connectivity index (χ3n) is 2.65. The van der Waals surface area contributed by atoms with Gasteiger partial charge in [0.25, 0.3) is 0 Å². The van der Waals surface area contributed by atoms with Crippen molar-refractivity contribution in [2.24, 2.45) is 0 Å². The first-order valence-electron chi connectivity index (χ1n) is 5.33. The van der Waals surface area contributed by atoms with Crippen LogP contribution >= 0.6 is 0 Å². The first kappa shape index (κ1) is 10.8. The molecule has 1 saturated heterocycles. The molecule has 0 amide bonds. The van der Waals surface area contributed by atoms with Crippen LogP contribution in [0.15, 0.2) is 18.3 Å². The summed E-state index contributed by atoms with van der Waals surface area (Å²) >= 11 is 0. The lowest BCUT2D eigenvalue weighted by atomic mass is 10.2. The standard InChI is InChI=1S/C10H14N4O2/c15-14(16)10-4-3-9(7-13-10)12-6-8-2-1-5-11-8/h3-4,7-8,11-12H,1-2,5-6H2. The van der Waals surface area contributed by atoms with Crippen LogP contribution in [-0.2, 0) is 0 Å². The third kappa shape index (κ3) is 2.66. The van der Waals surface area contributed by atoms with Crippen LogP contribution in [0.3, 0.4) is 0 Å². The summed E-state index contributed by atoms with van der Waals surface area (Å²) in [6.07, 6.45) is 3.88. The Morgan fingerprint density at radius 1 is 1.62 bits per heavy atom. The molecule has 1 aromatic rings. The van der Waals surface area contributed by atoms with Crippen LogP contribution in [0.2, 0.25) is 0 Å². The van der Waals surface area contributed by atoms with Crippen LogP contribution in [0.1, 0.15) is 12.8 Å². The number of aromatic nitrogens is 1. The predicted molar refractivity (Wildman–Crippen MR) is 60.4 cm³/mol. The Labute approximate surface area is 93.2 Å². The van der Waals surface area contributed by atoms with Crippen molar-refractivity contribution < 1.29 is 4.92 Å². The minimum absolute atomic E-state index is 0.121. The average molecular weight is 222 g/mol. The molecule has 0 spiro atoms. The Morgan fingerprint density at radius 2 is 2.50 bits per heavy atom. The molecule has 2 rings (SSSR count). The topological polar surface area (TPSA) is 80.1 Å². The largest absolute Gasteiger partial charge is 0.380 e. The summed E-state index contributed by atoms with van der Waals surface area (Å²) < 4.78 is 0. The molecule has 0 aliphatic carbocycles. The van der Waals surface area contributed by atoms with Crippen molar-refractivity contribution in [1.82, 2.24) is 10.3 Å². The maximum atomic E-state index is 10.4. The summed E-state index contributed by atoms with van der Waals surface area (Å²) in [4.78, 5) is 13.6. The molecule has 1 aromatic heterocycles. The molecule has 6 nitrogen and oxygen atoms in total. The highest BCUT2D eigenvalue weighted by Crippen LogP contribution is 2.12. The summed E-state index contributed by atoms with van der Waals surface area (Å²) in [5.74, 6) is -0.121. The van der Waals surface area contributed by atoms with E-state index < -0.39 is 4.92 Å². The van der Waals surface area contributed by atoms with Crippen LogP contribution in [0, 0.1) is 10.1 Å². The second-order valence-electron chi connectivity index (χ2n) is 3.84. The third-order valence-corrected chi connectivity index (χ3v) is 2.65. The van der Waals surface area contributed by atoms with Gasteiger partial charge in [0.15, 0.2) is 6.20 Å². The predicted octanol–water partition coefficient (Wildman–Crippen LogP) is 1.15. The number of rotatable bonds is 4. The Balaban J connectivity index is 1.87. The molecule has 1 atom stereocenters. The zero-order chi connectivity index (χ0) is 11.4. The number of hydrogen-bond acceptors (Lipinski definition) is 5. The molecule has 2 N–H and O–H groups in total. The molecule has 1 unspecified atom stereocenters. The van der Waals surface area contributed by atoms with Gasteiger partial charge < -0.3 is 20.7 Å². The second kappa shape index (κ2) is 4.89. The number of anilines is 1. The van der Waals surface area contributed by atoms with Gasteiger partial charge in [0, 0.05) is 18.7 Å². The van der Waals surface area contributed by atoms with Crippen molar-refractivity contribution in [3.8, 4) is 0 Å². The lowest BCUT2D eigenvalue weighted by Crippen LogP contribution is -2.29. The molecule has 0 radical (unpaired) electrons. The van der Waals surface area contributed by atoms with Gasteiger partial charge in [-0.1, -0.05) is 0 Å². The number of nitrogens with one attached hydrogen (secondary N) is 2. The Morgan fingerprint density at radius 3 is 3.06 bits per heavy atom. The fourth-order valence-electron chi connectivity index (χ4n) is 1.77. The Bertz CT molecular complexity index is 360. The van der Waals surface area contributed by atoms with Crippen molar-refractivity contribution >= 4 is 11.5 Å². The SMILES string of the molecule is O=[N+]([O-])c1ccc(NCC2CCCN2)cn1. The molecule has 0 aromatic carbocycles. The monoisotopic (exact) mass is 222 g/mol. The highest BCUT2D eigenvalue weighted by Gasteiger charge is 2.13. The van der Waals surface area contributed by atoms with Crippen LogP contribution in [-0.4, -0.2) is 29.0 Å². The van der Waals surface area contributed by atoms with Crippen LogP contribution in [0.4, 0.5) is 11.5 Å². The van der Waals surface area contributed by atoms with Gasteiger partial charge in [0.2, 0.25) is 0 Å². The quantitative estimate of drug-likeness (QED) is 0.590. The van der Waals surface area contributed by atoms with E-state index in [-0.39, 0.29) is 5.82 Å². The highest BCUT2D eigenvalue weighted by molar-refractivity contribution is 5.43. The molecule has 1 aliphatic heterocycles. The molecule has 1 aliphatic rings. The summed E-state index contributed by atoms with van der Waals surface area (Å²) in [7, 11) is 0. The van der Waals surface area contributed by atoms with Crippen molar-refractivity contribution in [3.63, 3.8) is 0 Å². The maximum absolute atomic E-state index is 10.4. The van der Waals surface area contributed by atoms with Crippen molar-refractivity contribution in [2.45, 2.75) is 18.9 Å². The van der Waals surface area contributed by atoms with E-state index in [1.54, 1.807) is 6.07 Å². The minimum atomic E-state index is -0.498. The first-order valence-corrected chi connectivity index (χ1v) is 5.33. The van der Waals surface area contributed by atoms with Gasteiger partial charge in [0.05, 0.1) is 5.69 Å². The molecule has 1 fully saturated rings. The zero-order valence-corrected chi connectivity index (χ0v) is 8.85. The highest BCUT2D eigenvalue weighted by atomic mass is 16.6. The van der Waals surface area contributed by atoms with E-state index in [9.17, 15) is 10.1 Å². The average Bonchev–Trinajstić information content (AvgIpc) is 2.80. The molecule has 2 heterocycles. The van der Waals surface area contributed by atoms with E-state index in [0.29, 0.717) is 6.04 Å². The molecule has 0 bridgehead atoms.